The summed E-state index contributed by atoms with van der Waals surface area (Å²) in [7, 11) is 3.67. The van der Waals surface area contributed by atoms with Gasteiger partial charge in [-0.2, -0.15) is 18.2 Å². The molecule has 2 heterocycles. The summed E-state index contributed by atoms with van der Waals surface area (Å²) >= 11 is 0. The number of methoxy groups -OCH3 is 1. The van der Waals surface area contributed by atoms with Crippen LogP contribution in [0, 0.1) is 5.92 Å². The van der Waals surface area contributed by atoms with Crippen molar-refractivity contribution in [3.63, 3.8) is 0 Å². The van der Waals surface area contributed by atoms with Crippen molar-refractivity contribution in [2.45, 2.75) is 64.6 Å². The number of carbonyl (C=O) groups is 1. The SMILES string of the molecule is CC(C)CC(N)=O.COc1cc(N2CCN(C)CC2)ccc1Nc1ncc(C(F)(F)F)c(NC2CCCCC2)n1. The predicted molar refractivity (Wildman–Crippen MR) is 152 cm³/mol. The van der Waals surface area contributed by atoms with Gasteiger partial charge >= 0.3 is 6.18 Å². The number of nitrogens with zero attached hydrogens (tertiary/aromatic N) is 4. The van der Waals surface area contributed by atoms with Crippen LogP contribution in [-0.2, 0) is 11.0 Å². The number of primary amides is 1. The second-order valence-corrected chi connectivity index (χ2v) is 10.8. The van der Waals surface area contributed by atoms with Crippen molar-refractivity contribution in [1.82, 2.24) is 14.9 Å². The summed E-state index contributed by atoms with van der Waals surface area (Å²) < 4.78 is 46.2. The standard InChI is InChI=1S/C23H31F3N6O.C5H11NO/c1-31-10-12-32(13-11-31)17-8-9-19(20(14-17)33-2)29-22-27-15-18(23(24,25)26)21(30-22)28-16-6-4-3-5-7-16;1-4(2)3-5(6)7/h8-9,14-16H,3-7,10-13H2,1-2H3,(H2,27,28,29,30);4H,3H2,1-2H3,(H2,6,7). The maximum Gasteiger partial charge on any atom is 0.421 e. The van der Waals surface area contributed by atoms with Crippen LogP contribution in [0.5, 0.6) is 5.75 Å². The first kappa shape index (κ1) is 31.3. The Hall–Kier alpha value is -3.28. The number of rotatable bonds is 8. The molecule has 222 valence electrons. The van der Waals surface area contributed by atoms with E-state index in [9.17, 15) is 18.0 Å². The first-order valence-corrected chi connectivity index (χ1v) is 13.8. The lowest BCUT2D eigenvalue weighted by molar-refractivity contribution is -0.137. The van der Waals surface area contributed by atoms with Crippen LogP contribution >= 0.6 is 0 Å². The quantitative estimate of drug-likeness (QED) is 0.398. The van der Waals surface area contributed by atoms with Gasteiger partial charge in [-0.15, -0.1) is 0 Å². The molecule has 2 fully saturated rings. The summed E-state index contributed by atoms with van der Waals surface area (Å²) in [5.74, 6) is 0.677. The molecule has 0 spiro atoms. The number of likely N-dealkylation sites (N-methyl/N-ethyl adjacent to an activating group) is 1. The summed E-state index contributed by atoms with van der Waals surface area (Å²) in [5.41, 5.74) is 5.64. The second-order valence-electron chi connectivity index (χ2n) is 10.8. The first-order valence-electron chi connectivity index (χ1n) is 13.8. The van der Waals surface area contributed by atoms with Crippen molar-refractivity contribution in [2.75, 3.05) is 55.9 Å². The number of nitrogens with two attached hydrogens (primary N) is 1. The molecule has 12 heteroatoms. The van der Waals surface area contributed by atoms with E-state index in [0.29, 0.717) is 23.8 Å². The van der Waals surface area contributed by atoms with Crippen molar-refractivity contribution in [3.05, 3.63) is 30.0 Å². The van der Waals surface area contributed by atoms with Gasteiger partial charge in [0.1, 0.15) is 17.1 Å². The summed E-state index contributed by atoms with van der Waals surface area (Å²) in [6.45, 7) is 7.74. The van der Waals surface area contributed by atoms with Crippen LogP contribution in [0.25, 0.3) is 0 Å². The highest BCUT2D eigenvalue weighted by molar-refractivity contribution is 5.73. The molecule has 2 aliphatic rings. The minimum atomic E-state index is -4.53. The molecule has 0 bridgehead atoms. The molecule has 1 aliphatic carbocycles. The van der Waals surface area contributed by atoms with Gasteiger partial charge in [-0.25, -0.2) is 4.98 Å². The first-order chi connectivity index (χ1) is 19.0. The molecule has 0 unspecified atom stereocenters. The van der Waals surface area contributed by atoms with E-state index in [2.05, 4.69) is 37.4 Å². The lowest BCUT2D eigenvalue weighted by Gasteiger charge is -2.34. The largest absolute Gasteiger partial charge is 0.494 e. The number of piperazine rings is 1. The third kappa shape index (κ3) is 9.42. The number of halogens is 3. The van der Waals surface area contributed by atoms with E-state index in [1.54, 1.807) is 7.11 Å². The molecule has 1 aromatic carbocycles. The van der Waals surface area contributed by atoms with E-state index >= 15 is 0 Å². The van der Waals surface area contributed by atoms with E-state index in [0.717, 1.165) is 70.2 Å². The monoisotopic (exact) mass is 565 g/mol. The predicted octanol–water partition coefficient (Wildman–Crippen LogP) is 5.26. The van der Waals surface area contributed by atoms with Crippen molar-refractivity contribution >= 4 is 29.0 Å². The molecule has 0 atom stereocenters. The fourth-order valence-electron chi connectivity index (χ4n) is 4.77. The maximum absolute atomic E-state index is 13.6. The van der Waals surface area contributed by atoms with Crippen molar-refractivity contribution < 1.29 is 22.7 Å². The van der Waals surface area contributed by atoms with Crippen LogP contribution in [0.3, 0.4) is 0 Å². The van der Waals surface area contributed by atoms with Gasteiger partial charge in [0.2, 0.25) is 11.9 Å². The summed E-state index contributed by atoms with van der Waals surface area (Å²) in [4.78, 5) is 22.7. The lowest BCUT2D eigenvalue weighted by Crippen LogP contribution is -2.44. The number of benzene rings is 1. The summed E-state index contributed by atoms with van der Waals surface area (Å²) in [5, 5.41) is 6.05. The molecule has 2 aromatic rings. The second kappa shape index (κ2) is 14.4. The number of hydrogen-bond donors (Lipinski definition) is 3. The van der Waals surface area contributed by atoms with Gasteiger partial charge in [0.25, 0.3) is 0 Å². The Labute approximate surface area is 234 Å². The Morgan fingerprint density at radius 1 is 1.15 bits per heavy atom. The summed E-state index contributed by atoms with van der Waals surface area (Å²) in [6.07, 6.45) is 1.61. The normalized spacial score (nSPS) is 16.8. The zero-order valence-electron chi connectivity index (χ0n) is 23.9. The van der Waals surface area contributed by atoms with E-state index in [1.165, 1.54) is 0 Å². The molecule has 1 aromatic heterocycles. The van der Waals surface area contributed by atoms with E-state index in [1.807, 2.05) is 32.0 Å². The molecule has 9 nitrogen and oxygen atoms in total. The smallest absolute Gasteiger partial charge is 0.421 e. The zero-order valence-corrected chi connectivity index (χ0v) is 23.9. The van der Waals surface area contributed by atoms with Gasteiger partial charge < -0.3 is 30.9 Å². The van der Waals surface area contributed by atoms with Gasteiger partial charge in [-0.3, -0.25) is 4.79 Å². The molecule has 1 saturated carbocycles. The highest BCUT2D eigenvalue weighted by Gasteiger charge is 2.36. The summed E-state index contributed by atoms with van der Waals surface area (Å²) in [6, 6.07) is 5.74. The molecule has 1 saturated heterocycles. The minimum absolute atomic E-state index is 0.0139. The Kier molecular flexibility index (Phi) is 11.2. The fourth-order valence-corrected chi connectivity index (χ4v) is 4.77. The average Bonchev–Trinajstić information content (AvgIpc) is 2.89. The number of amides is 1. The number of aromatic nitrogens is 2. The van der Waals surface area contributed by atoms with Gasteiger partial charge in [0, 0.05) is 56.6 Å². The Balaban J connectivity index is 0.000000559. The average molecular weight is 566 g/mol. The van der Waals surface area contributed by atoms with Gasteiger partial charge in [0.05, 0.1) is 12.8 Å². The number of nitrogens with one attached hydrogen (secondary N) is 2. The molecule has 40 heavy (non-hydrogen) atoms. The Bertz CT molecular complexity index is 1100. The van der Waals surface area contributed by atoms with Crippen molar-refractivity contribution in [2.24, 2.45) is 11.7 Å². The number of alkyl halides is 3. The van der Waals surface area contributed by atoms with Gasteiger partial charge in [0.15, 0.2) is 0 Å². The molecule has 1 amide bonds. The fraction of sp³-hybridized carbons (Fsp3) is 0.607. The van der Waals surface area contributed by atoms with Crippen molar-refractivity contribution in [1.29, 1.82) is 0 Å². The van der Waals surface area contributed by atoms with Gasteiger partial charge in [-0.05, 0) is 37.9 Å². The van der Waals surface area contributed by atoms with Gasteiger partial charge in [-0.1, -0.05) is 33.1 Å². The highest BCUT2D eigenvalue weighted by atomic mass is 19.4. The Morgan fingerprint density at radius 2 is 1.82 bits per heavy atom. The zero-order chi connectivity index (χ0) is 29.3. The van der Waals surface area contributed by atoms with Crippen LogP contribution in [0.4, 0.5) is 36.3 Å². The molecular formula is C28H42F3N7O2. The number of hydrogen-bond acceptors (Lipinski definition) is 8. The molecular weight excluding hydrogens is 523 g/mol. The number of ether oxygens (including phenoxy) is 1. The van der Waals surface area contributed by atoms with E-state index in [-0.39, 0.29) is 23.7 Å². The van der Waals surface area contributed by atoms with E-state index < -0.39 is 11.7 Å². The Morgan fingerprint density at radius 3 is 2.38 bits per heavy atom. The molecule has 1 aliphatic heterocycles. The van der Waals surface area contributed by atoms with E-state index in [4.69, 9.17) is 10.5 Å². The van der Waals surface area contributed by atoms with Crippen molar-refractivity contribution in [3.8, 4) is 5.75 Å². The van der Waals surface area contributed by atoms with Crippen LogP contribution in [0.1, 0.15) is 57.9 Å². The third-order valence-corrected chi connectivity index (χ3v) is 6.95. The van der Waals surface area contributed by atoms with Crippen LogP contribution in [0.2, 0.25) is 0 Å². The lowest BCUT2D eigenvalue weighted by atomic mass is 9.95. The molecule has 4 rings (SSSR count). The maximum atomic E-state index is 13.6. The van der Waals surface area contributed by atoms with Crippen LogP contribution in [0.15, 0.2) is 24.4 Å². The number of carbonyl (C=O) groups excluding carboxylic acids is 1. The van der Waals surface area contributed by atoms with Crippen LogP contribution in [-0.4, -0.2) is 67.2 Å². The third-order valence-electron chi connectivity index (χ3n) is 6.95. The highest BCUT2D eigenvalue weighted by Crippen LogP contribution is 2.36. The molecule has 0 radical (unpaired) electrons. The van der Waals surface area contributed by atoms with Crippen LogP contribution < -0.4 is 26.0 Å². The minimum Gasteiger partial charge on any atom is -0.494 e. The topological polar surface area (TPSA) is 109 Å². The molecule has 4 N–H and O–H groups in total. The number of anilines is 4.